The van der Waals surface area contributed by atoms with Crippen molar-refractivity contribution < 1.29 is 4.39 Å². The lowest BCUT2D eigenvalue weighted by atomic mass is 10.2. The third-order valence-corrected chi connectivity index (χ3v) is 3.98. The van der Waals surface area contributed by atoms with Gasteiger partial charge < -0.3 is 5.32 Å². The maximum absolute atomic E-state index is 13.3. The highest BCUT2D eigenvalue weighted by atomic mass is 19.1. The van der Waals surface area contributed by atoms with E-state index in [0.29, 0.717) is 5.52 Å². The van der Waals surface area contributed by atoms with Crippen LogP contribution < -0.4 is 5.32 Å². The van der Waals surface area contributed by atoms with Crippen molar-refractivity contribution in [3.8, 4) is 0 Å². The van der Waals surface area contributed by atoms with Crippen LogP contribution in [0.25, 0.3) is 16.6 Å². The van der Waals surface area contributed by atoms with Gasteiger partial charge in [0.1, 0.15) is 11.6 Å². The molecule has 1 aromatic carbocycles. The van der Waals surface area contributed by atoms with Crippen molar-refractivity contribution in [2.24, 2.45) is 0 Å². The Kier molecular flexibility index (Phi) is 3.78. The van der Waals surface area contributed by atoms with Gasteiger partial charge in [0, 0.05) is 42.5 Å². The minimum Gasteiger partial charge on any atom is -0.384 e. The number of nitrogens with zero attached hydrogens (tertiary/aromatic N) is 4. The second-order valence-electron chi connectivity index (χ2n) is 5.60. The summed E-state index contributed by atoms with van der Waals surface area (Å²) in [7, 11) is 0. The van der Waals surface area contributed by atoms with E-state index in [2.05, 4.69) is 20.5 Å². The quantitative estimate of drug-likeness (QED) is 0.572. The Morgan fingerprint density at radius 1 is 1.08 bits per heavy atom. The largest absolute Gasteiger partial charge is 0.384 e. The Bertz CT molecular complexity index is 995. The summed E-state index contributed by atoms with van der Waals surface area (Å²) in [5, 5.41) is 12.7. The number of pyridine rings is 2. The summed E-state index contributed by atoms with van der Waals surface area (Å²) in [5.74, 6) is 0.680. The lowest BCUT2D eigenvalue weighted by Gasteiger charge is -2.09. The van der Waals surface area contributed by atoms with Crippen molar-refractivity contribution in [2.75, 3.05) is 11.9 Å². The van der Waals surface area contributed by atoms with Crippen LogP contribution in [0, 0.1) is 5.82 Å². The standard InChI is InChI=1S/C18H16FN5/c19-13-6-7-14-15(8-10-21-16(14)12-13)20-9-3-5-18-23-22-17-4-1-2-11-24(17)18/h1-2,4,6-8,10-12H,3,5,9H2,(H,20,21). The van der Waals surface area contributed by atoms with E-state index in [-0.39, 0.29) is 5.82 Å². The molecule has 0 saturated heterocycles. The zero-order chi connectivity index (χ0) is 16.4. The molecule has 0 bridgehead atoms. The Labute approximate surface area is 138 Å². The molecule has 24 heavy (non-hydrogen) atoms. The number of benzene rings is 1. The molecule has 0 spiro atoms. The molecular formula is C18H16FN5. The molecule has 6 heteroatoms. The summed E-state index contributed by atoms with van der Waals surface area (Å²) in [5.41, 5.74) is 2.48. The van der Waals surface area contributed by atoms with E-state index in [1.54, 1.807) is 12.3 Å². The lowest BCUT2D eigenvalue weighted by molar-refractivity contribution is 0.629. The van der Waals surface area contributed by atoms with Crippen LogP contribution in [-0.4, -0.2) is 26.1 Å². The maximum Gasteiger partial charge on any atom is 0.160 e. The molecule has 0 unspecified atom stereocenters. The highest BCUT2D eigenvalue weighted by Crippen LogP contribution is 2.22. The number of halogens is 1. The molecule has 0 amide bonds. The lowest BCUT2D eigenvalue weighted by Crippen LogP contribution is -2.05. The minimum atomic E-state index is -0.272. The van der Waals surface area contributed by atoms with Crippen molar-refractivity contribution in [2.45, 2.75) is 12.8 Å². The van der Waals surface area contributed by atoms with E-state index in [1.165, 1.54) is 12.1 Å². The first kappa shape index (κ1) is 14.6. The van der Waals surface area contributed by atoms with Crippen molar-refractivity contribution in [1.29, 1.82) is 0 Å². The Hall–Kier alpha value is -3.02. The third kappa shape index (κ3) is 2.78. The normalized spacial score (nSPS) is 11.2. The first-order valence-corrected chi connectivity index (χ1v) is 7.88. The Balaban J connectivity index is 1.43. The smallest absolute Gasteiger partial charge is 0.160 e. The minimum absolute atomic E-state index is 0.272. The van der Waals surface area contributed by atoms with E-state index in [9.17, 15) is 4.39 Å². The van der Waals surface area contributed by atoms with Gasteiger partial charge in [-0.3, -0.25) is 9.38 Å². The Morgan fingerprint density at radius 3 is 3.00 bits per heavy atom. The first-order valence-electron chi connectivity index (χ1n) is 7.88. The number of aromatic nitrogens is 4. The van der Waals surface area contributed by atoms with Crippen molar-refractivity contribution in [3.63, 3.8) is 0 Å². The SMILES string of the molecule is Fc1ccc2c(NCCCc3nnc4ccccn34)ccnc2c1. The predicted octanol–water partition coefficient (Wildman–Crippen LogP) is 3.46. The van der Waals surface area contributed by atoms with Gasteiger partial charge in [-0.15, -0.1) is 10.2 Å². The molecule has 3 heterocycles. The molecule has 1 N–H and O–H groups in total. The fourth-order valence-electron chi connectivity index (χ4n) is 2.81. The fraction of sp³-hybridized carbons (Fsp3) is 0.167. The molecule has 4 rings (SSSR count). The zero-order valence-corrected chi connectivity index (χ0v) is 13.0. The number of anilines is 1. The van der Waals surface area contributed by atoms with Gasteiger partial charge >= 0.3 is 0 Å². The van der Waals surface area contributed by atoms with Crippen LogP contribution in [0.4, 0.5) is 10.1 Å². The average molecular weight is 321 g/mol. The topological polar surface area (TPSA) is 55.1 Å². The fourth-order valence-corrected chi connectivity index (χ4v) is 2.81. The van der Waals surface area contributed by atoms with Gasteiger partial charge in [0.15, 0.2) is 5.65 Å². The monoisotopic (exact) mass is 321 g/mol. The number of rotatable bonds is 5. The van der Waals surface area contributed by atoms with Gasteiger partial charge in [0.25, 0.3) is 0 Å². The van der Waals surface area contributed by atoms with E-state index >= 15 is 0 Å². The molecule has 0 saturated carbocycles. The van der Waals surface area contributed by atoms with Gasteiger partial charge in [-0.25, -0.2) is 4.39 Å². The van der Waals surface area contributed by atoms with E-state index < -0.39 is 0 Å². The first-order chi connectivity index (χ1) is 11.8. The van der Waals surface area contributed by atoms with Crippen LogP contribution >= 0.6 is 0 Å². The van der Waals surface area contributed by atoms with Crippen LogP contribution in [0.2, 0.25) is 0 Å². The second kappa shape index (κ2) is 6.23. The zero-order valence-electron chi connectivity index (χ0n) is 13.0. The maximum atomic E-state index is 13.3. The van der Waals surface area contributed by atoms with Crippen molar-refractivity contribution >= 4 is 22.2 Å². The molecule has 5 nitrogen and oxygen atoms in total. The number of fused-ring (bicyclic) bond motifs is 2. The summed E-state index contributed by atoms with van der Waals surface area (Å²) in [6, 6.07) is 12.4. The second-order valence-corrected chi connectivity index (χ2v) is 5.60. The predicted molar refractivity (Wildman–Crippen MR) is 91.5 cm³/mol. The van der Waals surface area contributed by atoms with Crippen LogP contribution in [0.15, 0.2) is 54.9 Å². The molecule has 0 aliphatic heterocycles. The molecule has 3 aromatic heterocycles. The summed E-state index contributed by atoms with van der Waals surface area (Å²) in [4.78, 5) is 4.20. The molecule has 0 radical (unpaired) electrons. The summed E-state index contributed by atoms with van der Waals surface area (Å²) in [6.07, 6.45) is 5.41. The molecule has 0 fully saturated rings. The molecule has 0 aliphatic rings. The summed E-state index contributed by atoms with van der Waals surface area (Å²) < 4.78 is 15.3. The molecule has 0 aliphatic carbocycles. The van der Waals surface area contributed by atoms with Gasteiger partial charge in [0.05, 0.1) is 5.52 Å². The molecule has 0 atom stereocenters. The van der Waals surface area contributed by atoms with Crippen molar-refractivity contribution in [3.05, 3.63) is 66.5 Å². The van der Waals surface area contributed by atoms with Gasteiger partial charge in [-0.1, -0.05) is 6.07 Å². The van der Waals surface area contributed by atoms with Crippen LogP contribution in [0.5, 0.6) is 0 Å². The van der Waals surface area contributed by atoms with Crippen LogP contribution in [0.1, 0.15) is 12.2 Å². The van der Waals surface area contributed by atoms with Crippen LogP contribution in [0.3, 0.4) is 0 Å². The molecular weight excluding hydrogens is 305 g/mol. The van der Waals surface area contributed by atoms with Crippen molar-refractivity contribution in [1.82, 2.24) is 19.6 Å². The van der Waals surface area contributed by atoms with Gasteiger partial charge in [-0.05, 0) is 36.8 Å². The highest BCUT2D eigenvalue weighted by molar-refractivity contribution is 5.90. The summed E-state index contributed by atoms with van der Waals surface area (Å²) in [6.45, 7) is 0.790. The highest BCUT2D eigenvalue weighted by Gasteiger charge is 2.05. The van der Waals surface area contributed by atoms with Gasteiger partial charge in [0.2, 0.25) is 0 Å². The number of aryl methyl sites for hydroxylation is 1. The van der Waals surface area contributed by atoms with E-state index in [0.717, 1.165) is 41.9 Å². The Morgan fingerprint density at radius 2 is 2.04 bits per heavy atom. The van der Waals surface area contributed by atoms with Crippen LogP contribution in [-0.2, 0) is 6.42 Å². The van der Waals surface area contributed by atoms with E-state index in [4.69, 9.17) is 0 Å². The number of nitrogens with one attached hydrogen (secondary N) is 1. The third-order valence-electron chi connectivity index (χ3n) is 3.98. The van der Waals surface area contributed by atoms with Gasteiger partial charge in [-0.2, -0.15) is 0 Å². The van der Waals surface area contributed by atoms with E-state index in [1.807, 2.05) is 34.9 Å². The average Bonchev–Trinajstić information content (AvgIpc) is 3.02. The number of hydrogen-bond acceptors (Lipinski definition) is 4. The molecule has 4 aromatic rings. The molecule has 120 valence electrons. The number of hydrogen-bond donors (Lipinski definition) is 1. The summed E-state index contributed by atoms with van der Waals surface area (Å²) >= 11 is 0.